The fourth-order valence-electron chi connectivity index (χ4n) is 3.13. The molecule has 2 unspecified atom stereocenters. The van der Waals surface area contributed by atoms with Crippen LogP contribution in [-0.4, -0.2) is 26.2 Å². The summed E-state index contributed by atoms with van der Waals surface area (Å²) in [5.74, 6) is 2.14. The normalized spacial score (nSPS) is 35.2. The average Bonchev–Trinajstić information content (AvgIpc) is 2.88. The molecule has 3 aliphatic rings. The van der Waals surface area contributed by atoms with Gasteiger partial charge in [0, 0.05) is 0 Å². The second kappa shape index (κ2) is 6.49. The molecule has 2 aliphatic heterocycles. The van der Waals surface area contributed by atoms with Crippen molar-refractivity contribution in [2.45, 2.75) is 44.9 Å². The van der Waals surface area contributed by atoms with E-state index in [4.69, 9.17) is 0 Å². The van der Waals surface area contributed by atoms with Gasteiger partial charge in [0.1, 0.15) is 0 Å². The highest BCUT2D eigenvalue weighted by Gasteiger charge is 2.26. The van der Waals surface area contributed by atoms with Gasteiger partial charge in [-0.1, -0.05) is 19.3 Å². The van der Waals surface area contributed by atoms with Crippen LogP contribution >= 0.6 is 0 Å². The van der Waals surface area contributed by atoms with E-state index in [0.29, 0.717) is 0 Å². The van der Waals surface area contributed by atoms with Crippen molar-refractivity contribution < 1.29 is 0 Å². The second-order valence-corrected chi connectivity index (χ2v) is 5.25. The maximum atomic E-state index is 3.48. The second-order valence-electron chi connectivity index (χ2n) is 5.25. The van der Waals surface area contributed by atoms with Gasteiger partial charge < -0.3 is 10.6 Å². The lowest BCUT2D eigenvalue weighted by atomic mass is 9.76. The summed E-state index contributed by atoms with van der Waals surface area (Å²) in [6.07, 6.45) is 10.2. The first-order valence-electron chi connectivity index (χ1n) is 6.88. The number of rotatable bonds is 0. The summed E-state index contributed by atoms with van der Waals surface area (Å²) in [7, 11) is 0. The van der Waals surface area contributed by atoms with E-state index < -0.39 is 0 Å². The molecule has 2 nitrogen and oxygen atoms in total. The number of hydrogen-bond acceptors (Lipinski definition) is 2. The van der Waals surface area contributed by atoms with Crippen LogP contribution in [0.25, 0.3) is 0 Å². The van der Waals surface area contributed by atoms with Crippen molar-refractivity contribution in [1.29, 1.82) is 0 Å². The molecule has 1 saturated carbocycles. The Bertz CT molecular complexity index is 132. The topological polar surface area (TPSA) is 24.1 Å². The minimum atomic E-state index is 1.04. The van der Waals surface area contributed by atoms with Crippen LogP contribution in [0.1, 0.15) is 44.9 Å². The van der Waals surface area contributed by atoms with Crippen molar-refractivity contribution in [1.82, 2.24) is 10.6 Å². The largest absolute Gasteiger partial charge is 0.317 e. The highest BCUT2D eigenvalue weighted by molar-refractivity contribution is 4.81. The quantitative estimate of drug-likeness (QED) is 0.640. The number of nitrogens with one attached hydrogen (secondary N) is 2. The van der Waals surface area contributed by atoms with Crippen LogP contribution in [0, 0.1) is 11.8 Å². The summed E-state index contributed by atoms with van der Waals surface area (Å²) in [6, 6.07) is 0. The molecule has 1 aliphatic carbocycles. The minimum Gasteiger partial charge on any atom is -0.317 e. The highest BCUT2D eigenvalue weighted by atomic mass is 14.9. The van der Waals surface area contributed by atoms with Gasteiger partial charge in [0.2, 0.25) is 0 Å². The molecule has 2 saturated heterocycles. The van der Waals surface area contributed by atoms with E-state index in [-0.39, 0.29) is 0 Å². The van der Waals surface area contributed by atoms with Crippen LogP contribution in [0.5, 0.6) is 0 Å². The predicted octanol–water partition coefficient (Wildman–Crippen LogP) is 2.16. The molecule has 88 valence electrons. The zero-order valence-electron chi connectivity index (χ0n) is 9.93. The number of piperidine rings is 1. The third-order valence-corrected chi connectivity index (χ3v) is 4.12. The molecule has 2 N–H and O–H groups in total. The third-order valence-electron chi connectivity index (χ3n) is 4.12. The highest BCUT2D eigenvalue weighted by Crippen LogP contribution is 2.33. The molecular weight excluding hydrogens is 184 g/mol. The Labute approximate surface area is 94.2 Å². The minimum absolute atomic E-state index is 1.04. The summed E-state index contributed by atoms with van der Waals surface area (Å²) in [5.41, 5.74) is 0. The predicted molar refractivity (Wildman–Crippen MR) is 65.0 cm³/mol. The smallest absolute Gasteiger partial charge is 0.00179 e. The van der Waals surface area contributed by atoms with E-state index in [1.54, 1.807) is 0 Å². The van der Waals surface area contributed by atoms with Gasteiger partial charge in [-0.3, -0.25) is 0 Å². The monoisotopic (exact) mass is 210 g/mol. The molecular formula is C13H26N2. The lowest BCUT2D eigenvalue weighted by Gasteiger charge is -2.35. The van der Waals surface area contributed by atoms with E-state index in [0.717, 1.165) is 11.8 Å². The van der Waals surface area contributed by atoms with Gasteiger partial charge >= 0.3 is 0 Å². The Hall–Kier alpha value is -0.0800. The van der Waals surface area contributed by atoms with Gasteiger partial charge in [-0.25, -0.2) is 0 Å². The Kier molecular flexibility index (Phi) is 4.94. The maximum absolute atomic E-state index is 3.48. The molecule has 0 aromatic carbocycles. The lowest BCUT2D eigenvalue weighted by Crippen LogP contribution is -2.38. The number of hydrogen-bond donors (Lipinski definition) is 2. The average molecular weight is 210 g/mol. The molecule has 0 aromatic rings. The van der Waals surface area contributed by atoms with E-state index >= 15 is 0 Å². The van der Waals surface area contributed by atoms with Crippen LogP contribution in [0.4, 0.5) is 0 Å². The Morgan fingerprint density at radius 3 is 1.93 bits per heavy atom. The fraction of sp³-hybridized carbons (Fsp3) is 1.00. The first kappa shape index (κ1) is 11.4. The maximum Gasteiger partial charge on any atom is -0.00179 e. The lowest BCUT2D eigenvalue weighted by molar-refractivity contribution is 0.185. The Balaban J connectivity index is 0.000000144. The summed E-state index contributed by atoms with van der Waals surface area (Å²) in [4.78, 5) is 0. The van der Waals surface area contributed by atoms with Gasteiger partial charge in [0.25, 0.3) is 0 Å². The zero-order chi connectivity index (χ0) is 10.3. The molecule has 0 radical (unpaired) electrons. The van der Waals surface area contributed by atoms with E-state index in [2.05, 4.69) is 10.6 Å². The standard InChI is InChI=1S/C9H17N.C4H9N/c1-2-4-9-7-10-6-5-8(9)3-1;1-2-4-5-3-1/h8-10H,1-7H2;5H,1-4H2. The first-order valence-corrected chi connectivity index (χ1v) is 6.88. The van der Waals surface area contributed by atoms with Crippen molar-refractivity contribution in [3.05, 3.63) is 0 Å². The van der Waals surface area contributed by atoms with Crippen molar-refractivity contribution in [3.63, 3.8) is 0 Å². The SMILES string of the molecule is C1CCC2CNCCC2C1.C1CCNC1. The molecule has 3 fully saturated rings. The van der Waals surface area contributed by atoms with Crippen molar-refractivity contribution in [2.75, 3.05) is 26.2 Å². The van der Waals surface area contributed by atoms with Crippen LogP contribution in [-0.2, 0) is 0 Å². The summed E-state index contributed by atoms with van der Waals surface area (Å²) in [5, 5.41) is 6.71. The molecule has 2 heterocycles. The zero-order valence-corrected chi connectivity index (χ0v) is 9.93. The Morgan fingerprint density at radius 1 is 0.600 bits per heavy atom. The molecule has 2 atom stereocenters. The molecule has 15 heavy (non-hydrogen) atoms. The summed E-state index contributed by atoms with van der Waals surface area (Å²) < 4.78 is 0. The van der Waals surface area contributed by atoms with E-state index in [9.17, 15) is 0 Å². The molecule has 0 bridgehead atoms. The van der Waals surface area contributed by atoms with Crippen LogP contribution in [0.3, 0.4) is 0 Å². The molecule has 2 heteroatoms. The summed E-state index contributed by atoms with van der Waals surface area (Å²) in [6.45, 7) is 5.09. The van der Waals surface area contributed by atoms with Crippen molar-refractivity contribution in [3.8, 4) is 0 Å². The number of fused-ring (bicyclic) bond motifs is 1. The van der Waals surface area contributed by atoms with Gasteiger partial charge in [-0.15, -0.1) is 0 Å². The summed E-state index contributed by atoms with van der Waals surface area (Å²) >= 11 is 0. The van der Waals surface area contributed by atoms with Crippen molar-refractivity contribution >= 4 is 0 Å². The van der Waals surface area contributed by atoms with Crippen LogP contribution in [0.2, 0.25) is 0 Å². The fourth-order valence-corrected chi connectivity index (χ4v) is 3.13. The third kappa shape index (κ3) is 3.76. The van der Waals surface area contributed by atoms with Gasteiger partial charge in [0.05, 0.1) is 0 Å². The van der Waals surface area contributed by atoms with Gasteiger partial charge in [0.15, 0.2) is 0 Å². The van der Waals surface area contributed by atoms with E-state index in [1.807, 2.05) is 0 Å². The van der Waals surface area contributed by atoms with E-state index in [1.165, 1.54) is 71.1 Å². The van der Waals surface area contributed by atoms with Crippen molar-refractivity contribution in [2.24, 2.45) is 11.8 Å². The molecule has 0 spiro atoms. The van der Waals surface area contributed by atoms with Crippen LogP contribution in [0.15, 0.2) is 0 Å². The molecule has 0 amide bonds. The Morgan fingerprint density at radius 2 is 1.33 bits per heavy atom. The first-order chi connectivity index (χ1) is 7.47. The van der Waals surface area contributed by atoms with Crippen LogP contribution < -0.4 is 10.6 Å². The molecule has 3 rings (SSSR count). The van der Waals surface area contributed by atoms with Gasteiger partial charge in [-0.05, 0) is 63.7 Å². The van der Waals surface area contributed by atoms with Gasteiger partial charge in [-0.2, -0.15) is 0 Å². The molecule has 0 aromatic heterocycles.